The summed E-state index contributed by atoms with van der Waals surface area (Å²) in [4.78, 5) is 11.2. The Hall–Kier alpha value is -1.37. The number of nitrogen functional groups attached to an aromatic ring is 1. The third-order valence-electron chi connectivity index (χ3n) is 1.98. The summed E-state index contributed by atoms with van der Waals surface area (Å²) in [6.45, 7) is 1.55. The van der Waals surface area contributed by atoms with Crippen molar-refractivity contribution in [2.75, 3.05) is 20.3 Å². The molecule has 1 amide bonds. The van der Waals surface area contributed by atoms with Gasteiger partial charge < -0.3 is 13.9 Å². The van der Waals surface area contributed by atoms with E-state index >= 15 is 0 Å². The Morgan fingerprint density at radius 1 is 1.56 bits per heavy atom. The van der Waals surface area contributed by atoms with E-state index in [1.54, 1.807) is 13.2 Å². The van der Waals surface area contributed by atoms with E-state index in [0.29, 0.717) is 25.4 Å². The molecule has 1 aromatic heterocycles. The molecule has 0 fully saturated rings. The molecule has 0 aliphatic carbocycles. The predicted octanol–water partition coefficient (Wildman–Crippen LogP) is 0.436. The van der Waals surface area contributed by atoms with Crippen molar-refractivity contribution in [2.45, 2.75) is 13.0 Å². The van der Waals surface area contributed by atoms with Crippen LogP contribution in [-0.2, 0) is 16.1 Å². The second-order valence-electron chi connectivity index (χ2n) is 3.15. The van der Waals surface area contributed by atoms with Crippen molar-refractivity contribution in [3.05, 3.63) is 23.7 Å². The van der Waals surface area contributed by atoms with Gasteiger partial charge in [-0.05, 0) is 12.5 Å². The van der Waals surface area contributed by atoms with E-state index in [0.717, 1.165) is 6.42 Å². The van der Waals surface area contributed by atoms with Gasteiger partial charge in [-0.1, -0.05) is 0 Å². The van der Waals surface area contributed by atoms with Crippen LogP contribution in [0.5, 0.6) is 0 Å². The summed E-state index contributed by atoms with van der Waals surface area (Å²) in [6, 6.07) is 1.68. The Balaban J connectivity index is 2.36. The molecule has 0 radical (unpaired) electrons. The second-order valence-corrected chi connectivity index (χ2v) is 3.15. The van der Waals surface area contributed by atoms with Gasteiger partial charge in [-0.3, -0.25) is 10.2 Å². The summed E-state index contributed by atoms with van der Waals surface area (Å²) < 4.78 is 15.2. The molecule has 0 saturated carbocycles. The first-order chi connectivity index (χ1) is 7.79. The zero-order valence-corrected chi connectivity index (χ0v) is 9.19. The van der Waals surface area contributed by atoms with Gasteiger partial charge in [0, 0.05) is 25.9 Å². The third-order valence-corrected chi connectivity index (χ3v) is 1.98. The second kappa shape index (κ2) is 7.00. The molecule has 0 unspecified atom stereocenters. The SMILES string of the molecule is COCCCOCc1ccoc1C(=O)NN. The smallest absolute Gasteiger partial charge is 0.301 e. The lowest BCUT2D eigenvalue weighted by molar-refractivity contribution is 0.0863. The zero-order valence-electron chi connectivity index (χ0n) is 9.19. The summed E-state index contributed by atoms with van der Waals surface area (Å²) >= 11 is 0. The van der Waals surface area contributed by atoms with Gasteiger partial charge in [-0.25, -0.2) is 5.84 Å². The lowest BCUT2D eigenvalue weighted by atomic mass is 10.2. The monoisotopic (exact) mass is 228 g/mol. The van der Waals surface area contributed by atoms with Crippen LogP contribution in [0.2, 0.25) is 0 Å². The number of hydrazine groups is 1. The summed E-state index contributed by atoms with van der Waals surface area (Å²) in [6.07, 6.45) is 2.24. The first kappa shape index (κ1) is 12.7. The fraction of sp³-hybridized carbons (Fsp3) is 0.500. The van der Waals surface area contributed by atoms with E-state index in [1.807, 2.05) is 5.43 Å². The molecule has 0 aliphatic rings. The number of nitrogens with one attached hydrogen (secondary N) is 1. The summed E-state index contributed by atoms with van der Waals surface area (Å²) in [5.41, 5.74) is 2.69. The number of rotatable bonds is 7. The average molecular weight is 228 g/mol. The normalized spacial score (nSPS) is 10.4. The molecule has 16 heavy (non-hydrogen) atoms. The molecule has 0 atom stereocenters. The van der Waals surface area contributed by atoms with E-state index < -0.39 is 5.91 Å². The van der Waals surface area contributed by atoms with E-state index in [1.165, 1.54) is 6.26 Å². The van der Waals surface area contributed by atoms with Crippen LogP contribution >= 0.6 is 0 Å². The van der Waals surface area contributed by atoms with E-state index in [4.69, 9.17) is 19.7 Å². The highest BCUT2D eigenvalue weighted by molar-refractivity contribution is 5.92. The highest BCUT2D eigenvalue weighted by Crippen LogP contribution is 2.11. The third kappa shape index (κ3) is 3.65. The summed E-state index contributed by atoms with van der Waals surface area (Å²) in [5, 5.41) is 0. The zero-order chi connectivity index (χ0) is 11.8. The van der Waals surface area contributed by atoms with Gasteiger partial charge >= 0.3 is 5.91 Å². The number of carbonyl (C=O) groups is 1. The fourth-order valence-corrected chi connectivity index (χ4v) is 1.20. The number of carbonyl (C=O) groups excluding carboxylic acids is 1. The Morgan fingerprint density at radius 2 is 2.38 bits per heavy atom. The van der Waals surface area contributed by atoms with Crippen LogP contribution in [0.4, 0.5) is 0 Å². The van der Waals surface area contributed by atoms with Gasteiger partial charge in [-0.15, -0.1) is 0 Å². The average Bonchev–Trinajstić information content (AvgIpc) is 2.76. The van der Waals surface area contributed by atoms with Crippen molar-refractivity contribution >= 4 is 5.91 Å². The molecule has 0 bridgehead atoms. The van der Waals surface area contributed by atoms with Gasteiger partial charge in [0.25, 0.3) is 0 Å². The minimum Gasteiger partial charge on any atom is -0.459 e. The number of ether oxygens (including phenoxy) is 2. The van der Waals surface area contributed by atoms with Gasteiger partial charge in [0.2, 0.25) is 0 Å². The number of nitrogens with two attached hydrogens (primary N) is 1. The van der Waals surface area contributed by atoms with E-state index in [2.05, 4.69) is 0 Å². The van der Waals surface area contributed by atoms with Crippen LogP contribution in [0, 0.1) is 0 Å². The number of furan rings is 1. The molecule has 0 aromatic carbocycles. The lowest BCUT2D eigenvalue weighted by Gasteiger charge is -2.03. The van der Waals surface area contributed by atoms with E-state index in [-0.39, 0.29) is 5.76 Å². The van der Waals surface area contributed by atoms with Crippen LogP contribution in [0.3, 0.4) is 0 Å². The molecule has 1 rings (SSSR count). The van der Waals surface area contributed by atoms with Crippen LogP contribution in [0.15, 0.2) is 16.7 Å². The molecule has 1 aromatic rings. The maximum Gasteiger partial charge on any atom is 0.301 e. The molecular weight excluding hydrogens is 212 g/mol. The Kier molecular flexibility index (Phi) is 5.55. The summed E-state index contributed by atoms with van der Waals surface area (Å²) in [5.74, 6) is 4.74. The molecule has 3 N–H and O–H groups in total. The number of hydrogen-bond acceptors (Lipinski definition) is 5. The van der Waals surface area contributed by atoms with Gasteiger partial charge in [0.05, 0.1) is 12.9 Å². The molecule has 6 heteroatoms. The maximum absolute atomic E-state index is 11.2. The van der Waals surface area contributed by atoms with Crippen LogP contribution in [0.1, 0.15) is 22.5 Å². The molecule has 0 aliphatic heterocycles. The topological polar surface area (TPSA) is 86.7 Å². The number of amides is 1. The molecule has 90 valence electrons. The standard InChI is InChI=1S/C10H16N2O4/c1-14-4-2-5-15-7-8-3-6-16-9(8)10(13)12-11/h3,6H,2,4-5,7,11H2,1H3,(H,12,13). The Labute approximate surface area is 93.7 Å². The van der Waals surface area contributed by atoms with Crippen molar-refractivity contribution in [1.29, 1.82) is 0 Å². The van der Waals surface area contributed by atoms with Crippen molar-refractivity contribution in [3.8, 4) is 0 Å². The largest absolute Gasteiger partial charge is 0.459 e. The van der Waals surface area contributed by atoms with E-state index in [9.17, 15) is 4.79 Å². The van der Waals surface area contributed by atoms with Gasteiger partial charge in [-0.2, -0.15) is 0 Å². The Morgan fingerprint density at radius 3 is 3.06 bits per heavy atom. The molecule has 0 saturated heterocycles. The number of hydrogen-bond donors (Lipinski definition) is 2. The molecule has 0 spiro atoms. The van der Waals surface area contributed by atoms with Crippen molar-refractivity contribution < 1.29 is 18.7 Å². The van der Waals surface area contributed by atoms with Crippen molar-refractivity contribution in [2.24, 2.45) is 5.84 Å². The summed E-state index contributed by atoms with van der Waals surface area (Å²) in [7, 11) is 1.64. The maximum atomic E-state index is 11.2. The molecule has 1 heterocycles. The molecule has 6 nitrogen and oxygen atoms in total. The lowest BCUT2D eigenvalue weighted by Crippen LogP contribution is -2.30. The van der Waals surface area contributed by atoms with Crippen molar-refractivity contribution in [3.63, 3.8) is 0 Å². The highest BCUT2D eigenvalue weighted by atomic mass is 16.5. The minimum atomic E-state index is -0.458. The Bertz CT molecular complexity index is 324. The van der Waals surface area contributed by atoms with Gasteiger partial charge in [0.15, 0.2) is 5.76 Å². The highest BCUT2D eigenvalue weighted by Gasteiger charge is 2.13. The van der Waals surface area contributed by atoms with Crippen LogP contribution < -0.4 is 11.3 Å². The minimum absolute atomic E-state index is 0.189. The van der Waals surface area contributed by atoms with Crippen LogP contribution in [0.25, 0.3) is 0 Å². The van der Waals surface area contributed by atoms with Crippen LogP contribution in [-0.4, -0.2) is 26.2 Å². The fourth-order valence-electron chi connectivity index (χ4n) is 1.20. The molecular formula is C10H16N2O4. The first-order valence-corrected chi connectivity index (χ1v) is 4.93. The quantitative estimate of drug-likeness (QED) is 0.306. The van der Waals surface area contributed by atoms with Gasteiger partial charge in [0.1, 0.15) is 0 Å². The predicted molar refractivity (Wildman–Crippen MR) is 56.5 cm³/mol. The first-order valence-electron chi connectivity index (χ1n) is 4.93. The number of methoxy groups -OCH3 is 1. The van der Waals surface area contributed by atoms with Crippen molar-refractivity contribution in [1.82, 2.24) is 5.43 Å².